The number of fused-ring (bicyclic) bond motifs is 1. The van der Waals surface area contributed by atoms with Crippen molar-refractivity contribution >= 4 is 22.7 Å². The number of amides is 2. The molecule has 1 saturated heterocycles. The number of hydrogen-bond donors (Lipinski definition) is 0. The van der Waals surface area contributed by atoms with Gasteiger partial charge in [-0.1, -0.05) is 55.1 Å². The molecule has 152 valence electrons. The molecule has 0 bridgehead atoms. The molecule has 2 aromatic carbocycles. The standard InChI is InChI=1S/C25H25N3O2/c1-3-23(29)28-16-20(22(17-28)18-9-5-4-6-10-18)15-27(2)25(30)21-13-7-11-19-12-8-14-26-24(19)21/h3-14,20,22H,1,15-17H2,2H3/t20-,22-/m0/s1. The van der Waals surface area contributed by atoms with Gasteiger partial charge in [-0.25, -0.2) is 0 Å². The van der Waals surface area contributed by atoms with Gasteiger partial charge in [0.1, 0.15) is 0 Å². The average molecular weight is 399 g/mol. The molecule has 0 saturated carbocycles. The van der Waals surface area contributed by atoms with E-state index in [4.69, 9.17) is 0 Å². The van der Waals surface area contributed by atoms with Crippen molar-refractivity contribution in [1.82, 2.24) is 14.8 Å². The molecule has 5 heteroatoms. The van der Waals surface area contributed by atoms with E-state index < -0.39 is 0 Å². The minimum absolute atomic E-state index is 0.0559. The first-order valence-corrected chi connectivity index (χ1v) is 10.1. The normalized spacial score (nSPS) is 18.4. The minimum atomic E-state index is -0.0642. The predicted molar refractivity (Wildman–Crippen MR) is 118 cm³/mol. The van der Waals surface area contributed by atoms with Crippen molar-refractivity contribution in [3.8, 4) is 0 Å². The van der Waals surface area contributed by atoms with Crippen molar-refractivity contribution in [3.05, 3.63) is 90.6 Å². The summed E-state index contributed by atoms with van der Waals surface area (Å²) in [5.41, 5.74) is 2.50. The number of pyridine rings is 1. The van der Waals surface area contributed by atoms with E-state index in [1.807, 2.05) is 60.5 Å². The molecule has 1 aliphatic rings. The van der Waals surface area contributed by atoms with Crippen molar-refractivity contribution in [2.45, 2.75) is 5.92 Å². The van der Waals surface area contributed by atoms with Gasteiger partial charge in [0.25, 0.3) is 5.91 Å². The number of aromatic nitrogens is 1. The summed E-state index contributed by atoms with van der Waals surface area (Å²) < 4.78 is 0. The molecule has 2 atom stereocenters. The molecular formula is C25H25N3O2. The lowest BCUT2D eigenvalue weighted by Gasteiger charge is -2.25. The van der Waals surface area contributed by atoms with E-state index in [0.29, 0.717) is 30.7 Å². The van der Waals surface area contributed by atoms with E-state index >= 15 is 0 Å². The highest BCUT2D eigenvalue weighted by atomic mass is 16.2. The molecule has 0 N–H and O–H groups in total. The molecule has 1 fully saturated rings. The molecule has 0 aliphatic carbocycles. The van der Waals surface area contributed by atoms with E-state index in [2.05, 4.69) is 23.7 Å². The van der Waals surface area contributed by atoms with Crippen LogP contribution in [0, 0.1) is 5.92 Å². The van der Waals surface area contributed by atoms with Crippen LogP contribution in [-0.2, 0) is 4.79 Å². The Balaban J connectivity index is 1.58. The highest BCUT2D eigenvalue weighted by Crippen LogP contribution is 2.33. The summed E-state index contributed by atoms with van der Waals surface area (Å²) in [5, 5.41) is 0.947. The van der Waals surface area contributed by atoms with Crippen LogP contribution in [0.4, 0.5) is 0 Å². The molecule has 30 heavy (non-hydrogen) atoms. The highest BCUT2D eigenvalue weighted by Gasteiger charge is 2.36. The maximum Gasteiger partial charge on any atom is 0.255 e. The average Bonchev–Trinajstić information content (AvgIpc) is 3.22. The Morgan fingerprint density at radius 3 is 2.63 bits per heavy atom. The third kappa shape index (κ3) is 3.83. The van der Waals surface area contributed by atoms with Crippen LogP contribution >= 0.6 is 0 Å². The third-order valence-corrected chi connectivity index (χ3v) is 5.87. The third-order valence-electron chi connectivity index (χ3n) is 5.87. The Bertz CT molecular complexity index is 1070. The topological polar surface area (TPSA) is 53.5 Å². The first-order valence-electron chi connectivity index (χ1n) is 10.1. The van der Waals surface area contributed by atoms with E-state index in [0.717, 1.165) is 5.39 Å². The van der Waals surface area contributed by atoms with Crippen LogP contribution in [0.15, 0.2) is 79.5 Å². The number of hydrogen-bond acceptors (Lipinski definition) is 3. The lowest BCUT2D eigenvalue weighted by atomic mass is 9.88. The van der Waals surface area contributed by atoms with Gasteiger partial charge < -0.3 is 9.80 Å². The molecule has 4 rings (SSSR count). The van der Waals surface area contributed by atoms with E-state index in [9.17, 15) is 9.59 Å². The summed E-state index contributed by atoms with van der Waals surface area (Å²) in [7, 11) is 1.82. The molecule has 2 heterocycles. The number of carbonyl (C=O) groups is 2. The monoisotopic (exact) mass is 399 g/mol. The van der Waals surface area contributed by atoms with Gasteiger partial charge >= 0.3 is 0 Å². The van der Waals surface area contributed by atoms with Gasteiger partial charge in [-0.15, -0.1) is 0 Å². The van der Waals surface area contributed by atoms with Crippen LogP contribution in [0.1, 0.15) is 21.8 Å². The summed E-state index contributed by atoms with van der Waals surface area (Å²) in [6.45, 7) is 5.42. The molecule has 5 nitrogen and oxygen atoms in total. The van der Waals surface area contributed by atoms with Crippen LogP contribution in [0.25, 0.3) is 10.9 Å². The summed E-state index contributed by atoms with van der Waals surface area (Å²) in [4.78, 5) is 33.5. The zero-order chi connectivity index (χ0) is 21.1. The molecule has 1 aromatic heterocycles. The fourth-order valence-electron chi connectivity index (χ4n) is 4.36. The fourth-order valence-corrected chi connectivity index (χ4v) is 4.36. The number of carbonyl (C=O) groups excluding carboxylic acids is 2. The number of rotatable bonds is 5. The van der Waals surface area contributed by atoms with Gasteiger partial charge in [-0.3, -0.25) is 14.6 Å². The van der Waals surface area contributed by atoms with Gasteiger partial charge in [0.05, 0.1) is 11.1 Å². The van der Waals surface area contributed by atoms with E-state index in [-0.39, 0.29) is 23.7 Å². The van der Waals surface area contributed by atoms with Crippen LogP contribution in [-0.4, -0.2) is 53.3 Å². The summed E-state index contributed by atoms with van der Waals surface area (Å²) in [5.74, 6) is 0.203. The van der Waals surface area contributed by atoms with Gasteiger partial charge in [0, 0.05) is 50.1 Å². The Morgan fingerprint density at radius 1 is 1.10 bits per heavy atom. The lowest BCUT2D eigenvalue weighted by molar-refractivity contribution is -0.125. The van der Waals surface area contributed by atoms with Gasteiger partial charge in [-0.2, -0.15) is 0 Å². The van der Waals surface area contributed by atoms with Crippen molar-refractivity contribution < 1.29 is 9.59 Å². The Morgan fingerprint density at radius 2 is 1.87 bits per heavy atom. The quantitative estimate of drug-likeness (QED) is 0.614. The van der Waals surface area contributed by atoms with E-state index in [1.165, 1.54) is 11.6 Å². The number of nitrogens with zero attached hydrogens (tertiary/aromatic N) is 3. The highest BCUT2D eigenvalue weighted by molar-refractivity contribution is 6.05. The summed E-state index contributed by atoms with van der Waals surface area (Å²) >= 11 is 0. The second-order valence-corrected chi connectivity index (χ2v) is 7.79. The second-order valence-electron chi connectivity index (χ2n) is 7.79. The van der Waals surface area contributed by atoms with Crippen LogP contribution in [0.3, 0.4) is 0 Å². The van der Waals surface area contributed by atoms with Crippen molar-refractivity contribution in [2.24, 2.45) is 5.92 Å². The molecule has 1 aliphatic heterocycles. The minimum Gasteiger partial charge on any atom is -0.341 e. The maximum atomic E-state index is 13.3. The summed E-state index contributed by atoms with van der Waals surface area (Å²) in [6, 6.07) is 19.7. The second kappa shape index (κ2) is 8.49. The van der Waals surface area contributed by atoms with Gasteiger partial charge in [0.2, 0.25) is 5.91 Å². The van der Waals surface area contributed by atoms with Crippen molar-refractivity contribution in [1.29, 1.82) is 0 Å². The Kier molecular flexibility index (Phi) is 5.61. The van der Waals surface area contributed by atoms with Gasteiger partial charge in [0.15, 0.2) is 0 Å². The number of para-hydroxylation sites is 1. The molecular weight excluding hydrogens is 374 g/mol. The molecule has 3 aromatic rings. The number of benzene rings is 2. The molecule has 0 spiro atoms. The smallest absolute Gasteiger partial charge is 0.255 e. The molecule has 0 unspecified atom stereocenters. The largest absolute Gasteiger partial charge is 0.341 e. The van der Waals surface area contributed by atoms with Crippen molar-refractivity contribution in [3.63, 3.8) is 0 Å². The molecule has 0 radical (unpaired) electrons. The zero-order valence-electron chi connectivity index (χ0n) is 17.1. The first-order chi connectivity index (χ1) is 14.6. The first kappa shape index (κ1) is 19.8. The van der Waals surface area contributed by atoms with Crippen molar-refractivity contribution in [2.75, 3.05) is 26.7 Å². The fraction of sp³-hybridized carbons (Fsp3) is 0.240. The van der Waals surface area contributed by atoms with Crippen LogP contribution in [0.2, 0.25) is 0 Å². The Labute approximate surface area is 176 Å². The lowest BCUT2D eigenvalue weighted by Crippen LogP contribution is -2.35. The van der Waals surface area contributed by atoms with Gasteiger partial charge in [-0.05, 0) is 23.8 Å². The SMILES string of the molecule is C=CC(=O)N1C[C@H](CN(C)C(=O)c2cccc3cccnc23)[C@H](c2ccccc2)C1. The summed E-state index contributed by atoms with van der Waals surface area (Å²) in [6.07, 6.45) is 3.07. The maximum absolute atomic E-state index is 13.3. The zero-order valence-corrected chi connectivity index (χ0v) is 17.1. The predicted octanol–water partition coefficient (Wildman–Crippen LogP) is 3.74. The van der Waals surface area contributed by atoms with Crippen LogP contribution in [0.5, 0.6) is 0 Å². The van der Waals surface area contributed by atoms with Crippen LogP contribution < -0.4 is 0 Å². The Hall–Kier alpha value is -3.47. The number of likely N-dealkylation sites (tertiary alicyclic amines) is 1. The van der Waals surface area contributed by atoms with E-state index in [1.54, 1.807) is 11.1 Å². The molecule has 2 amide bonds.